The number of piperidine rings is 1. The van der Waals surface area contributed by atoms with Crippen LogP contribution in [0.2, 0.25) is 0 Å². The molecule has 8 heteroatoms. The highest BCUT2D eigenvalue weighted by atomic mass is 16.2. The molecule has 1 fully saturated rings. The molecular formula is C23H30N6O2. The highest BCUT2D eigenvalue weighted by molar-refractivity contribution is 5.77. The largest absolute Gasteiger partial charge is 0.342 e. The normalized spacial score (nSPS) is 17.3. The van der Waals surface area contributed by atoms with Gasteiger partial charge < -0.3 is 9.88 Å². The van der Waals surface area contributed by atoms with Crippen LogP contribution in [0, 0.1) is 12.3 Å². The molecule has 8 nitrogen and oxygen atoms in total. The first-order valence-electron chi connectivity index (χ1n) is 10.9. The van der Waals surface area contributed by atoms with Crippen LogP contribution in [0.5, 0.6) is 0 Å². The lowest BCUT2D eigenvalue weighted by Gasteiger charge is -2.34. The van der Waals surface area contributed by atoms with E-state index in [1.165, 1.54) is 5.56 Å². The molecule has 3 aromatic rings. The molecule has 1 aliphatic rings. The van der Waals surface area contributed by atoms with Crippen molar-refractivity contribution in [3.8, 4) is 0 Å². The van der Waals surface area contributed by atoms with E-state index in [0.29, 0.717) is 31.0 Å². The Hall–Kier alpha value is -3.03. The number of aromatic nitrogens is 5. The van der Waals surface area contributed by atoms with Gasteiger partial charge in [-0.25, -0.2) is 9.67 Å². The molecule has 3 heterocycles. The lowest BCUT2D eigenvalue weighted by molar-refractivity contribution is -0.134. The number of amides is 1. The molecule has 1 aromatic carbocycles. The quantitative estimate of drug-likeness (QED) is 0.697. The van der Waals surface area contributed by atoms with E-state index in [0.717, 1.165) is 24.9 Å². The van der Waals surface area contributed by atoms with E-state index < -0.39 is 0 Å². The van der Waals surface area contributed by atoms with Crippen molar-refractivity contribution in [1.82, 2.24) is 29.9 Å². The summed E-state index contributed by atoms with van der Waals surface area (Å²) in [7, 11) is 0. The van der Waals surface area contributed by atoms with Crippen LogP contribution >= 0.6 is 0 Å². The molecule has 1 amide bonds. The summed E-state index contributed by atoms with van der Waals surface area (Å²) in [6.45, 7) is 10.1. The van der Waals surface area contributed by atoms with Gasteiger partial charge in [-0.05, 0) is 30.7 Å². The topological polar surface area (TPSA) is 96.8 Å². The SMILES string of the molecule is Cc1ccc(Cn2nnc3c(=O)[nH]c([C@@H]4CCCN(C(=O)CC(C)(C)C)C4)nc32)cc1. The van der Waals surface area contributed by atoms with Gasteiger partial charge in [0, 0.05) is 25.4 Å². The Balaban J connectivity index is 1.60. The van der Waals surface area contributed by atoms with Gasteiger partial charge in [0.25, 0.3) is 5.56 Å². The highest BCUT2D eigenvalue weighted by Crippen LogP contribution is 2.27. The predicted octanol–water partition coefficient (Wildman–Crippen LogP) is 3.01. The Labute approximate surface area is 181 Å². The lowest BCUT2D eigenvalue weighted by Crippen LogP contribution is -2.41. The second-order valence-electron chi connectivity index (χ2n) is 9.77. The Morgan fingerprint density at radius 2 is 1.97 bits per heavy atom. The van der Waals surface area contributed by atoms with E-state index >= 15 is 0 Å². The van der Waals surface area contributed by atoms with Crippen LogP contribution in [0.25, 0.3) is 11.2 Å². The number of likely N-dealkylation sites (tertiary alicyclic amines) is 1. The third-order valence-electron chi connectivity index (χ3n) is 5.69. The number of benzene rings is 1. The Morgan fingerprint density at radius 3 is 2.68 bits per heavy atom. The first kappa shape index (κ1) is 21.2. The molecule has 31 heavy (non-hydrogen) atoms. The number of nitrogens with one attached hydrogen (secondary N) is 1. The third kappa shape index (κ3) is 4.84. The number of rotatable bonds is 4. The summed E-state index contributed by atoms with van der Waals surface area (Å²) in [5.74, 6) is 0.766. The number of hydrogen-bond donors (Lipinski definition) is 1. The summed E-state index contributed by atoms with van der Waals surface area (Å²) < 4.78 is 1.67. The molecule has 1 N–H and O–H groups in total. The first-order chi connectivity index (χ1) is 14.7. The van der Waals surface area contributed by atoms with Crippen molar-refractivity contribution < 1.29 is 4.79 Å². The average Bonchev–Trinajstić information content (AvgIpc) is 3.12. The van der Waals surface area contributed by atoms with Gasteiger partial charge in [-0.15, -0.1) is 5.10 Å². The monoisotopic (exact) mass is 422 g/mol. The molecule has 0 aliphatic carbocycles. The number of carbonyl (C=O) groups excluding carboxylic acids is 1. The van der Waals surface area contributed by atoms with Gasteiger partial charge in [-0.2, -0.15) is 0 Å². The summed E-state index contributed by atoms with van der Waals surface area (Å²) in [4.78, 5) is 34.9. The molecule has 0 radical (unpaired) electrons. The zero-order valence-corrected chi connectivity index (χ0v) is 18.7. The molecular weight excluding hydrogens is 392 g/mol. The summed E-state index contributed by atoms with van der Waals surface area (Å²) >= 11 is 0. The minimum absolute atomic E-state index is 0.00232. The number of aromatic amines is 1. The van der Waals surface area contributed by atoms with E-state index in [2.05, 4.69) is 36.1 Å². The van der Waals surface area contributed by atoms with Crippen molar-refractivity contribution in [1.29, 1.82) is 0 Å². The fourth-order valence-electron chi connectivity index (χ4n) is 4.04. The van der Waals surface area contributed by atoms with Crippen molar-refractivity contribution in [3.63, 3.8) is 0 Å². The number of hydrogen-bond acceptors (Lipinski definition) is 5. The molecule has 1 atom stereocenters. The number of carbonyl (C=O) groups is 1. The number of aryl methyl sites for hydroxylation is 1. The van der Waals surface area contributed by atoms with Crippen LogP contribution in [-0.2, 0) is 11.3 Å². The number of fused-ring (bicyclic) bond motifs is 1. The van der Waals surface area contributed by atoms with E-state index in [4.69, 9.17) is 4.98 Å². The Morgan fingerprint density at radius 1 is 1.23 bits per heavy atom. The van der Waals surface area contributed by atoms with Crippen LogP contribution in [0.4, 0.5) is 0 Å². The van der Waals surface area contributed by atoms with Gasteiger partial charge in [0.2, 0.25) is 5.91 Å². The van der Waals surface area contributed by atoms with Gasteiger partial charge in [-0.3, -0.25) is 9.59 Å². The Kier molecular flexibility index (Phi) is 5.64. The maximum Gasteiger partial charge on any atom is 0.281 e. The molecule has 164 valence electrons. The second-order valence-corrected chi connectivity index (χ2v) is 9.77. The van der Waals surface area contributed by atoms with E-state index in [1.54, 1.807) is 4.68 Å². The average molecular weight is 423 g/mol. The van der Waals surface area contributed by atoms with Crippen molar-refractivity contribution in [2.75, 3.05) is 13.1 Å². The summed E-state index contributed by atoms with van der Waals surface area (Å²) in [5, 5.41) is 8.21. The van der Waals surface area contributed by atoms with Gasteiger partial charge >= 0.3 is 0 Å². The van der Waals surface area contributed by atoms with Crippen LogP contribution in [0.1, 0.15) is 62.9 Å². The van der Waals surface area contributed by atoms with Crippen molar-refractivity contribution in [2.24, 2.45) is 5.41 Å². The predicted molar refractivity (Wildman–Crippen MR) is 119 cm³/mol. The molecule has 1 saturated heterocycles. The fraction of sp³-hybridized carbons (Fsp3) is 0.522. The molecule has 1 aliphatic heterocycles. The molecule has 0 bridgehead atoms. The van der Waals surface area contributed by atoms with Crippen molar-refractivity contribution >= 4 is 17.1 Å². The van der Waals surface area contributed by atoms with E-state index in [1.807, 2.05) is 36.1 Å². The maximum absolute atomic E-state index is 12.7. The highest BCUT2D eigenvalue weighted by Gasteiger charge is 2.29. The Bertz CT molecular complexity index is 1140. The van der Waals surface area contributed by atoms with Crippen molar-refractivity contribution in [3.05, 3.63) is 51.6 Å². The first-order valence-corrected chi connectivity index (χ1v) is 10.9. The van der Waals surface area contributed by atoms with Gasteiger partial charge in [0.15, 0.2) is 11.2 Å². The van der Waals surface area contributed by atoms with Crippen LogP contribution < -0.4 is 5.56 Å². The standard InChI is InChI=1S/C23H30N6O2/c1-15-7-9-16(10-8-15)13-29-21-19(26-27-29)22(31)25-20(24-21)17-6-5-11-28(14-17)18(30)12-23(2,3)4/h7-10,17H,5-6,11-14H2,1-4H3,(H,24,25,31)/t17-/m1/s1. The maximum atomic E-state index is 12.7. The van der Waals surface area contributed by atoms with Crippen LogP contribution in [0.15, 0.2) is 29.1 Å². The van der Waals surface area contributed by atoms with E-state index in [-0.39, 0.29) is 28.3 Å². The molecule has 0 saturated carbocycles. The second kappa shape index (κ2) is 8.24. The van der Waals surface area contributed by atoms with Gasteiger partial charge in [0.05, 0.1) is 6.54 Å². The molecule has 4 rings (SSSR count). The minimum Gasteiger partial charge on any atom is -0.342 e. The molecule has 0 spiro atoms. The van der Waals surface area contributed by atoms with Crippen LogP contribution in [-0.4, -0.2) is 48.9 Å². The van der Waals surface area contributed by atoms with Gasteiger partial charge in [0.1, 0.15) is 5.82 Å². The van der Waals surface area contributed by atoms with Crippen LogP contribution in [0.3, 0.4) is 0 Å². The third-order valence-corrected chi connectivity index (χ3v) is 5.69. The van der Waals surface area contributed by atoms with Gasteiger partial charge in [-0.1, -0.05) is 55.8 Å². The smallest absolute Gasteiger partial charge is 0.281 e. The zero-order valence-electron chi connectivity index (χ0n) is 18.7. The summed E-state index contributed by atoms with van der Waals surface area (Å²) in [6, 6.07) is 8.17. The van der Waals surface area contributed by atoms with E-state index in [9.17, 15) is 9.59 Å². The number of nitrogens with zero attached hydrogens (tertiary/aromatic N) is 5. The summed E-state index contributed by atoms with van der Waals surface area (Å²) in [5.41, 5.74) is 2.64. The molecule has 2 aromatic heterocycles. The molecule has 0 unspecified atom stereocenters. The fourth-order valence-corrected chi connectivity index (χ4v) is 4.04. The van der Waals surface area contributed by atoms with Crippen molar-refractivity contribution in [2.45, 2.75) is 59.4 Å². The lowest BCUT2D eigenvalue weighted by atomic mass is 9.90. The zero-order chi connectivity index (χ0) is 22.2. The number of H-pyrrole nitrogens is 1. The minimum atomic E-state index is -0.284. The summed E-state index contributed by atoms with van der Waals surface area (Å²) in [6.07, 6.45) is 2.28.